The molecule has 1 saturated heterocycles. The van der Waals surface area contributed by atoms with Gasteiger partial charge in [-0.25, -0.2) is 0 Å². The van der Waals surface area contributed by atoms with Crippen molar-refractivity contribution in [1.29, 1.82) is 0 Å². The molecule has 1 aromatic heterocycles. The summed E-state index contributed by atoms with van der Waals surface area (Å²) in [4.78, 5) is 29.6. The number of hydrogen-bond donors (Lipinski definition) is 1. The Bertz CT molecular complexity index is 1080. The normalized spacial score (nSPS) is 13.7. The van der Waals surface area contributed by atoms with Crippen molar-refractivity contribution < 1.29 is 14.3 Å². The summed E-state index contributed by atoms with van der Waals surface area (Å²) >= 11 is 7.48. The molecule has 0 bridgehead atoms. The van der Waals surface area contributed by atoms with Crippen LogP contribution in [-0.4, -0.2) is 49.5 Å². The van der Waals surface area contributed by atoms with Gasteiger partial charge in [-0.15, -0.1) is 11.3 Å². The average molecular weight is 470 g/mol. The van der Waals surface area contributed by atoms with Crippen molar-refractivity contribution in [2.75, 3.05) is 43.0 Å². The van der Waals surface area contributed by atoms with Gasteiger partial charge in [-0.1, -0.05) is 17.7 Å². The molecule has 0 atom stereocenters. The zero-order valence-electron chi connectivity index (χ0n) is 17.7. The first-order valence-electron chi connectivity index (χ1n) is 10.4. The molecule has 0 radical (unpaired) electrons. The molecule has 1 fully saturated rings. The standard InChI is InChI=1S/C24H24ClN3O3S/c1-17-15-20(8-9-21(17)25)31-16-23(29)26-18-4-6-19(7-5-18)27-10-12-28(13-11-27)24(30)22-3-2-14-32-22/h2-9,14-15H,10-13,16H2,1H3,(H,26,29). The van der Waals surface area contributed by atoms with E-state index in [1.54, 1.807) is 18.2 Å². The number of thiophene rings is 1. The van der Waals surface area contributed by atoms with Crippen molar-refractivity contribution in [2.45, 2.75) is 6.92 Å². The van der Waals surface area contributed by atoms with Gasteiger partial charge in [0.2, 0.25) is 0 Å². The molecule has 0 spiro atoms. The lowest BCUT2D eigenvalue weighted by Crippen LogP contribution is -2.48. The lowest BCUT2D eigenvalue weighted by Gasteiger charge is -2.36. The molecule has 2 aromatic carbocycles. The quantitative estimate of drug-likeness (QED) is 0.569. The number of anilines is 2. The molecule has 0 aliphatic carbocycles. The van der Waals surface area contributed by atoms with Gasteiger partial charge in [0.1, 0.15) is 5.75 Å². The zero-order valence-corrected chi connectivity index (χ0v) is 19.3. The minimum atomic E-state index is -0.231. The van der Waals surface area contributed by atoms with Crippen molar-refractivity contribution in [3.05, 3.63) is 75.4 Å². The van der Waals surface area contributed by atoms with Gasteiger partial charge in [0.05, 0.1) is 4.88 Å². The Hall–Kier alpha value is -3.03. The van der Waals surface area contributed by atoms with Crippen LogP contribution in [0.1, 0.15) is 15.2 Å². The maximum atomic E-state index is 12.5. The average Bonchev–Trinajstić information content (AvgIpc) is 3.35. The van der Waals surface area contributed by atoms with Crippen LogP contribution in [0.15, 0.2) is 60.0 Å². The molecule has 0 saturated carbocycles. The molecule has 2 heterocycles. The van der Waals surface area contributed by atoms with Gasteiger partial charge in [-0.3, -0.25) is 9.59 Å². The minimum Gasteiger partial charge on any atom is -0.484 e. The molecule has 166 valence electrons. The Balaban J connectivity index is 1.25. The number of aryl methyl sites for hydroxylation is 1. The fourth-order valence-electron chi connectivity index (χ4n) is 3.53. The number of benzene rings is 2. The smallest absolute Gasteiger partial charge is 0.264 e. The predicted octanol–water partition coefficient (Wildman–Crippen LogP) is 4.69. The Morgan fingerprint density at radius 3 is 2.47 bits per heavy atom. The van der Waals surface area contributed by atoms with Gasteiger partial charge in [-0.05, 0) is 66.4 Å². The number of piperazine rings is 1. The van der Waals surface area contributed by atoms with E-state index in [1.807, 2.05) is 53.6 Å². The van der Waals surface area contributed by atoms with Gasteiger partial charge in [0.15, 0.2) is 6.61 Å². The second kappa shape index (κ2) is 10.1. The van der Waals surface area contributed by atoms with Crippen LogP contribution in [0, 0.1) is 6.92 Å². The highest BCUT2D eigenvalue weighted by Crippen LogP contribution is 2.22. The van der Waals surface area contributed by atoms with E-state index in [0.717, 1.165) is 29.2 Å². The van der Waals surface area contributed by atoms with Crippen LogP contribution in [0.4, 0.5) is 11.4 Å². The highest BCUT2D eigenvalue weighted by molar-refractivity contribution is 7.12. The zero-order chi connectivity index (χ0) is 22.5. The summed E-state index contributed by atoms with van der Waals surface area (Å²) in [5.41, 5.74) is 2.68. The molecule has 0 unspecified atom stereocenters. The van der Waals surface area contributed by atoms with Crippen molar-refractivity contribution in [3.63, 3.8) is 0 Å². The van der Waals surface area contributed by atoms with Crippen LogP contribution in [-0.2, 0) is 4.79 Å². The second-order valence-corrected chi connectivity index (χ2v) is 8.91. The molecular weight excluding hydrogens is 446 g/mol. The highest BCUT2D eigenvalue weighted by Gasteiger charge is 2.22. The predicted molar refractivity (Wildman–Crippen MR) is 129 cm³/mol. The summed E-state index contributed by atoms with van der Waals surface area (Å²) in [6.07, 6.45) is 0. The molecule has 32 heavy (non-hydrogen) atoms. The van der Waals surface area contributed by atoms with E-state index in [4.69, 9.17) is 16.3 Å². The molecule has 8 heteroatoms. The van der Waals surface area contributed by atoms with Gasteiger partial charge in [-0.2, -0.15) is 0 Å². The summed E-state index contributed by atoms with van der Waals surface area (Å²) in [5, 5.41) is 5.44. The van der Waals surface area contributed by atoms with E-state index >= 15 is 0 Å². The molecule has 6 nitrogen and oxygen atoms in total. The van der Waals surface area contributed by atoms with Gasteiger partial charge >= 0.3 is 0 Å². The third-order valence-corrected chi connectivity index (χ3v) is 6.60. The Morgan fingerprint density at radius 1 is 1.06 bits per heavy atom. The number of halogens is 1. The van der Waals surface area contributed by atoms with Crippen LogP contribution in [0.2, 0.25) is 5.02 Å². The first-order valence-corrected chi connectivity index (χ1v) is 11.6. The van der Waals surface area contributed by atoms with Crippen LogP contribution >= 0.6 is 22.9 Å². The Morgan fingerprint density at radius 2 is 1.81 bits per heavy atom. The number of nitrogens with zero attached hydrogens (tertiary/aromatic N) is 2. The largest absolute Gasteiger partial charge is 0.484 e. The Labute approximate surface area is 196 Å². The lowest BCUT2D eigenvalue weighted by molar-refractivity contribution is -0.118. The maximum absolute atomic E-state index is 12.5. The molecular formula is C24H24ClN3O3S. The summed E-state index contributed by atoms with van der Waals surface area (Å²) in [7, 11) is 0. The molecule has 1 aliphatic heterocycles. The van der Waals surface area contributed by atoms with Crippen molar-refractivity contribution in [1.82, 2.24) is 4.90 Å². The third-order valence-electron chi connectivity index (χ3n) is 5.31. The summed E-state index contributed by atoms with van der Waals surface area (Å²) < 4.78 is 5.54. The molecule has 1 N–H and O–H groups in total. The summed E-state index contributed by atoms with van der Waals surface area (Å²) in [5.74, 6) is 0.480. The lowest BCUT2D eigenvalue weighted by atomic mass is 10.2. The number of amides is 2. The Kier molecular flexibility index (Phi) is 6.97. The maximum Gasteiger partial charge on any atom is 0.264 e. The van der Waals surface area contributed by atoms with Gasteiger partial charge in [0.25, 0.3) is 11.8 Å². The SMILES string of the molecule is Cc1cc(OCC(=O)Nc2ccc(N3CCN(C(=O)c4cccs4)CC3)cc2)ccc1Cl. The summed E-state index contributed by atoms with van der Waals surface area (Å²) in [6, 6.07) is 16.8. The van der Waals surface area contributed by atoms with E-state index in [2.05, 4.69) is 10.2 Å². The number of ether oxygens (including phenoxy) is 1. The van der Waals surface area contributed by atoms with E-state index in [1.165, 1.54) is 11.3 Å². The fraction of sp³-hybridized carbons (Fsp3) is 0.250. The van der Waals surface area contributed by atoms with Gasteiger partial charge in [0, 0.05) is 42.6 Å². The first-order chi connectivity index (χ1) is 15.5. The fourth-order valence-corrected chi connectivity index (χ4v) is 4.34. The summed E-state index contributed by atoms with van der Waals surface area (Å²) in [6.45, 7) is 4.74. The minimum absolute atomic E-state index is 0.0803. The van der Waals surface area contributed by atoms with E-state index in [-0.39, 0.29) is 18.4 Å². The topological polar surface area (TPSA) is 61.9 Å². The third kappa shape index (κ3) is 5.41. The van der Waals surface area contributed by atoms with Crippen LogP contribution in [0.3, 0.4) is 0 Å². The molecule has 3 aromatic rings. The molecule has 4 rings (SSSR count). The highest BCUT2D eigenvalue weighted by atomic mass is 35.5. The first kappa shape index (κ1) is 22.2. The number of rotatable bonds is 6. The second-order valence-electron chi connectivity index (χ2n) is 7.55. The van der Waals surface area contributed by atoms with Crippen LogP contribution in [0.25, 0.3) is 0 Å². The van der Waals surface area contributed by atoms with Crippen LogP contribution < -0.4 is 15.0 Å². The van der Waals surface area contributed by atoms with Crippen molar-refractivity contribution in [2.24, 2.45) is 0 Å². The molecule has 1 aliphatic rings. The number of carbonyl (C=O) groups is 2. The number of nitrogens with one attached hydrogen (secondary N) is 1. The van der Waals surface area contributed by atoms with Crippen molar-refractivity contribution in [3.8, 4) is 5.75 Å². The van der Waals surface area contributed by atoms with Crippen molar-refractivity contribution >= 4 is 46.1 Å². The van der Waals surface area contributed by atoms with E-state index in [0.29, 0.717) is 29.5 Å². The number of hydrogen-bond acceptors (Lipinski definition) is 5. The van der Waals surface area contributed by atoms with E-state index in [9.17, 15) is 9.59 Å². The van der Waals surface area contributed by atoms with Gasteiger partial charge < -0.3 is 19.9 Å². The number of carbonyl (C=O) groups excluding carboxylic acids is 2. The van der Waals surface area contributed by atoms with Crippen LogP contribution in [0.5, 0.6) is 5.75 Å². The monoisotopic (exact) mass is 469 g/mol. The van der Waals surface area contributed by atoms with E-state index < -0.39 is 0 Å². The molecule has 2 amide bonds.